The molecule has 4 rings (SSSR count). The second kappa shape index (κ2) is 7.55. The molecule has 4 fully saturated rings. The van der Waals surface area contributed by atoms with Crippen LogP contribution in [0.4, 0.5) is 17.6 Å². The van der Waals surface area contributed by atoms with Gasteiger partial charge in [0.05, 0.1) is 24.0 Å². The average molecular weight is 475 g/mol. The maximum absolute atomic E-state index is 13.7. The van der Waals surface area contributed by atoms with Gasteiger partial charge in [-0.15, -0.1) is 0 Å². The SMILES string of the molecule is CCC(O)(CC)C12CC3CC(CC(C(=O)OCCC(F)(F)C(F)(F)S(=O)(=O)O)(C3)C1)C2. The summed E-state index contributed by atoms with van der Waals surface area (Å²) < 4.78 is 88.7. The molecule has 4 aliphatic carbocycles. The predicted octanol–water partition coefficient (Wildman–Crippen LogP) is 4.17. The molecule has 2 N–H and O–H groups in total. The number of halogens is 4. The normalized spacial score (nSPS) is 33.5. The number of esters is 1. The van der Waals surface area contributed by atoms with E-state index >= 15 is 0 Å². The van der Waals surface area contributed by atoms with E-state index in [1.54, 1.807) is 0 Å². The summed E-state index contributed by atoms with van der Waals surface area (Å²) in [4.78, 5) is 13.0. The predicted molar refractivity (Wildman–Crippen MR) is 102 cm³/mol. The van der Waals surface area contributed by atoms with Crippen molar-refractivity contribution >= 4 is 16.1 Å². The highest BCUT2D eigenvalue weighted by atomic mass is 32.2. The first kappa shape index (κ1) is 24.7. The minimum Gasteiger partial charge on any atom is -0.465 e. The molecule has 2 atom stereocenters. The standard InChI is InChI=1S/C20H30F4O6S/c1-3-18(26,4-2)17-10-13-7-14(11-17)9-16(8-13,12-17)15(25)30-6-5-19(21,22)20(23,24)31(27,28)29/h13-14,26H,3-12H2,1-2H3,(H,27,28,29). The Morgan fingerprint density at radius 3 is 2.03 bits per heavy atom. The molecule has 0 aromatic rings. The monoisotopic (exact) mass is 474 g/mol. The van der Waals surface area contributed by atoms with Gasteiger partial charge < -0.3 is 9.84 Å². The Kier molecular flexibility index (Phi) is 6.01. The molecular weight excluding hydrogens is 444 g/mol. The van der Waals surface area contributed by atoms with Crippen LogP contribution in [0.3, 0.4) is 0 Å². The van der Waals surface area contributed by atoms with Gasteiger partial charge in [-0.3, -0.25) is 9.35 Å². The van der Waals surface area contributed by atoms with E-state index in [9.17, 15) is 35.9 Å². The van der Waals surface area contributed by atoms with E-state index < -0.39 is 56.7 Å². The molecule has 0 aliphatic heterocycles. The van der Waals surface area contributed by atoms with Crippen LogP contribution in [0.1, 0.15) is 71.6 Å². The first-order valence-corrected chi connectivity index (χ1v) is 12.1. The van der Waals surface area contributed by atoms with Crippen molar-refractivity contribution in [3.63, 3.8) is 0 Å². The van der Waals surface area contributed by atoms with Crippen LogP contribution in [0, 0.1) is 22.7 Å². The number of carbonyl (C=O) groups excluding carboxylic acids is 1. The molecule has 0 heterocycles. The van der Waals surface area contributed by atoms with Gasteiger partial charge in [-0.25, -0.2) is 0 Å². The van der Waals surface area contributed by atoms with Gasteiger partial charge in [0, 0.05) is 5.41 Å². The minimum absolute atomic E-state index is 0.198. The summed E-state index contributed by atoms with van der Waals surface area (Å²) in [6.45, 7) is 2.68. The lowest BCUT2D eigenvalue weighted by Gasteiger charge is -2.65. The van der Waals surface area contributed by atoms with Gasteiger partial charge in [0.15, 0.2) is 0 Å². The summed E-state index contributed by atoms with van der Waals surface area (Å²) in [6.07, 6.45) is 3.17. The lowest BCUT2D eigenvalue weighted by Crippen LogP contribution is -2.63. The second-order valence-corrected chi connectivity index (χ2v) is 11.3. The number of carbonyl (C=O) groups is 1. The largest absolute Gasteiger partial charge is 0.465 e. The maximum Gasteiger partial charge on any atom is 0.431 e. The van der Waals surface area contributed by atoms with Crippen molar-refractivity contribution in [2.24, 2.45) is 22.7 Å². The van der Waals surface area contributed by atoms with E-state index in [-0.39, 0.29) is 11.8 Å². The molecule has 4 bridgehead atoms. The minimum atomic E-state index is -6.33. The molecule has 0 radical (unpaired) electrons. The first-order chi connectivity index (χ1) is 14.1. The van der Waals surface area contributed by atoms with E-state index in [4.69, 9.17) is 9.29 Å². The molecule has 0 aromatic heterocycles. The van der Waals surface area contributed by atoms with E-state index in [2.05, 4.69) is 0 Å². The lowest BCUT2D eigenvalue weighted by atomic mass is 9.40. The van der Waals surface area contributed by atoms with Gasteiger partial charge in [-0.05, 0) is 63.2 Å². The van der Waals surface area contributed by atoms with Gasteiger partial charge in [0.2, 0.25) is 0 Å². The first-order valence-electron chi connectivity index (χ1n) is 10.7. The zero-order valence-corrected chi connectivity index (χ0v) is 18.5. The molecule has 11 heteroatoms. The number of ether oxygens (including phenoxy) is 1. The Labute approximate surface area is 179 Å². The molecule has 0 aromatic carbocycles. The zero-order valence-electron chi connectivity index (χ0n) is 17.7. The molecule has 0 saturated heterocycles. The zero-order chi connectivity index (χ0) is 23.5. The highest BCUT2D eigenvalue weighted by molar-refractivity contribution is 7.87. The van der Waals surface area contributed by atoms with Crippen molar-refractivity contribution in [2.45, 2.75) is 88.4 Å². The third-order valence-corrected chi connectivity index (χ3v) is 9.00. The number of hydrogen-bond donors (Lipinski definition) is 2. The van der Waals surface area contributed by atoms with Gasteiger partial charge in [0.25, 0.3) is 0 Å². The van der Waals surface area contributed by atoms with Crippen molar-refractivity contribution in [3.8, 4) is 0 Å². The molecule has 4 aliphatic rings. The Bertz CT molecular complexity index is 810. The lowest BCUT2D eigenvalue weighted by molar-refractivity contribution is -0.221. The fourth-order valence-electron chi connectivity index (χ4n) is 6.81. The molecular formula is C20H30F4O6S. The van der Waals surface area contributed by atoms with Crippen LogP contribution < -0.4 is 0 Å². The topological polar surface area (TPSA) is 101 Å². The van der Waals surface area contributed by atoms with Crippen LogP contribution in [-0.4, -0.2) is 47.4 Å². The van der Waals surface area contributed by atoms with Gasteiger partial charge in [-0.2, -0.15) is 26.0 Å². The molecule has 6 nitrogen and oxygen atoms in total. The number of aliphatic hydroxyl groups is 1. The Hall–Kier alpha value is -0.940. The summed E-state index contributed by atoms with van der Waals surface area (Å²) in [5, 5.41) is 5.64. The summed E-state index contributed by atoms with van der Waals surface area (Å²) in [5.41, 5.74) is -2.38. The summed E-state index contributed by atoms with van der Waals surface area (Å²) in [6, 6.07) is 0. The summed E-state index contributed by atoms with van der Waals surface area (Å²) in [7, 11) is -6.33. The van der Waals surface area contributed by atoms with E-state index in [0.29, 0.717) is 32.1 Å². The van der Waals surface area contributed by atoms with Crippen molar-refractivity contribution in [1.82, 2.24) is 0 Å². The highest BCUT2D eigenvalue weighted by Crippen LogP contribution is 2.69. The maximum atomic E-state index is 13.7. The average Bonchev–Trinajstić information content (AvgIpc) is 2.64. The van der Waals surface area contributed by atoms with E-state index in [1.807, 2.05) is 13.8 Å². The van der Waals surface area contributed by atoms with Crippen molar-refractivity contribution in [2.75, 3.05) is 6.61 Å². The van der Waals surface area contributed by atoms with Crippen molar-refractivity contribution < 1.29 is 45.2 Å². The van der Waals surface area contributed by atoms with Crippen LogP contribution in [0.25, 0.3) is 0 Å². The summed E-state index contributed by atoms with van der Waals surface area (Å²) in [5.74, 6) is -5.47. The molecule has 4 saturated carbocycles. The molecule has 2 unspecified atom stereocenters. The molecule has 31 heavy (non-hydrogen) atoms. The Balaban J connectivity index is 1.74. The second-order valence-electron chi connectivity index (χ2n) is 9.84. The van der Waals surface area contributed by atoms with Gasteiger partial charge in [-0.1, -0.05) is 13.8 Å². The number of alkyl halides is 4. The van der Waals surface area contributed by atoms with Crippen LogP contribution in [-0.2, 0) is 19.6 Å². The van der Waals surface area contributed by atoms with Crippen molar-refractivity contribution in [1.29, 1.82) is 0 Å². The third-order valence-electron chi connectivity index (χ3n) is 8.05. The van der Waals surface area contributed by atoms with Gasteiger partial charge >= 0.3 is 27.3 Å². The molecule has 0 spiro atoms. The number of rotatable bonds is 9. The van der Waals surface area contributed by atoms with Crippen LogP contribution >= 0.6 is 0 Å². The van der Waals surface area contributed by atoms with Crippen molar-refractivity contribution in [3.05, 3.63) is 0 Å². The Morgan fingerprint density at radius 2 is 1.58 bits per heavy atom. The molecule has 180 valence electrons. The fourth-order valence-corrected chi connectivity index (χ4v) is 7.28. The van der Waals surface area contributed by atoms with Crippen LogP contribution in [0.5, 0.6) is 0 Å². The van der Waals surface area contributed by atoms with Gasteiger partial charge in [0.1, 0.15) is 0 Å². The molecule has 0 amide bonds. The van der Waals surface area contributed by atoms with E-state index in [0.717, 1.165) is 19.3 Å². The van der Waals surface area contributed by atoms with E-state index in [1.165, 1.54) is 0 Å². The van der Waals surface area contributed by atoms with Crippen LogP contribution in [0.2, 0.25) is 0 Å². The quantitative estimate of drug-likeness (QED) is 0.296. The third kappa shape index (κ3) is 3.78. The van der Waals surface area contributed by atoms with Crippen LogP contribution in [0.15, 0.2) is 0 Å². The number of hydrogen-bond acceptors (Lipinski definition) is 5. The fraction of sp³-hybridized carbons (Fsp3) is 0.950. The summed E-state index contributed by atoms with van der Waals surface area (Å²) >= 11 is 0. The Morgan fingerprint density at radius 1 is 1.06 bits per heavy atom. The highest BCUT2D eigenvalue weighted by Gasteiger charge is 2.67. The smallest absolute Gasteiger partial charge is 0.431 e.